The molecule has 6 rings (SSSR count). The highest BCUT2D eigenvalue weighted by Gasteiger charge is 2.36. The van der Waals surface area contributed by atoms with Crippen LogP contribution >= 0.6 is 0 Å². The van der Waals surface area contributed by atoms with E-state index in [1.165, 1.54) is 6.20 Å². The van der Waals surface area contributed by atoms with Crippen LogP contribution in [0.15, 0.2) is 54.7 Å². The number of anilines is 4. The number of amides is 1. The average molecular weight is 568 g/mol. The topological polar surface area (TPSA) is 99.9 Å². The zero-order valence-corrected chi connectivity index (χ0v) is 22.4. The minimum atomic E-state index is -4.48. The highest BCUT2D eigenvalue weighted by molar-refractivity contribution is 5.95. The Morgan fingerprint density at radius 1 is 1.02 bits per heavy atom. The van der Waals surface area contributed by atoms with Crippen LogP contribution in [0.1, 0.15) is 12.8 Å². The van der Waals surface area contributed by atoms with Gasteiger partial charge in [0.05, 0.1) is 35.2 Å². The van der Waals surface area contributed by atoms with Crippen LogP contribution in [0.3, 0.4) is 0 Å². The number of morpholine rings is 1. The maximum Gasteiger partial charge on any atom is 0.416 e. The first-order valence-electron chi connectivity index (χ1n) is 13.2. The van der Waals surface area contributed by atoms with Crippen LogP contribution in [0.5, 0.6) is 0 Å². The van der Waals surface area contributed by atoms with Gasteiger partial charge in [-0.05, 0) is 55.3 Å². The van der Waals surface area contributed by atoms with E-state index in [9.17, 15) is 23.1 Å². The Balaban J connectivity index is 1.40. The van der Waals surface area contributed by atoms with Crippen molar-refractivity contribution in [1.82, 2.24) is 19.7 Å². The van der Waals surface area contributed by atoms with Gasteiger partial charge in [0.2, 0.25) is 0 Å². The van der Waals surface area contributed by atoms with Gasteiger partial charge in [-0.1, -0.05) is 6.07 Å². The van der Waals surface area contributed by atoms with Crippen LogP contribution in [0.4, 0.5) is 40.8 Å². The fraction of sp³-hybridized carbons (Fsp3) is 0.357. The number of ether oxygens (including phenoxy) is 1. The van der Waals surface area contributed by atoms with Gasteiger partial charge in [0.1, 0.15) is 12.4 Å². The second-order valence-corrected chi connectivity index (χ2v) is 10.5. The molecule has 10 nitrogen and oxygen atoms in total. The van der Waals surface area contributed by atoms with E-state index in [-0.39, 0.29) is 23.7 Å². The molecule has 214 valence electrons. The maximum atomic E-state index is 13.3. The fourth-order valence-electron chi connectivity index (χ4n) is 5.42. The number of rotatable bonds is 6. The summed E-state index contributed by atoms with van der Waals surface area (Å²) in [4.78, 5) is 26.6. The number of nitrogens with zero attached hydrogens (tertiary/aromatic N) is 7. The van der Waals surface area contributed by atoms with Gasteiger partial charge < -0.3 is 19.6 Å². The molecule has 2 bridgehead atoms. The molecule has 2 aliphatic heterocycles. The molecule has 41 heavy (non-hydrogen) atoms. The molecular formula is C28H28F3N7O3. The van der Waals surface area contributed by atoms with Gasteiger partial charge in [0.15, 0.2) is 11.5 Å². The number of benzene rings is 2. The third kappa shape index (κ3) is 5.36. The van der Waals surface area contributed by atoms with Crippen molar-refractivity contribution in [2.24, 2.45) is 0 Å². The summed E-state index contributed by atoms with van der Waals surface area (Å²) in [5.74, 6) is 0.730. The molecule has 2 atom stereocenters. The van der Waals surface area contributed by atoms with Crippen molar-refractivity contribution in [1.29, 1.82) is 0 Å². The lowest BCUT2D eigenvalue weighted by atomic mass is 10.1. The summed E-state index contributed by atoms with van der Waals surface area (Å²) < 4.78 is 46.8. The Labute approximate surface area is 233 Å². The first-order valence-corrected chi connectivity index (χ1v) is 13.2. The molecule has 4 heterocycles. The molecule has 2 saturated heterocycles. The minimum Gasteiger partial charge on any atom is -0.464 e. The summed E-state index contributed by atoms with van der Waals surface area (Å²) in [5.41, 5.74) is 2.31. The van der Waals surface area contributed by atoms with Gasteiger partial charge >= 0.3 is 12.3 Å². The zero-order valence-electron chi connectivity index (χ0n) is 22.4. The van der Waals surface area contributed by atoms with E-state index in [1.807, 2.05) is 30.0 Å². The minimum absolute atomic E-state index is 0.0414. The molecule has 2 aliphatic rings. The van der Waals surface area contributed by atoms with Crippen molar-refractivity contribution in [2.75, 3.05) is 41.9 Å². The maximum absolute atomic E-state index is 13.3. The van der Waals surface area contributed by atoms with Crippen LogP contribution in [0.2, 0.25) is 0 Å². The summed E-state index contributed by atoms with van der Waals surface area (Å²) in [6, 6.07) is 13.7. The number of halogens is 3. The van der Waals surface area contributed by atoms with Crippen LogP contribution in [0.25, 0.3) is 22.4 Å². The number of hydrogen-bond acceptors (Lipinski definition) is 7. The number of alkyl halides is 3. The van der Waals surface area contributed by atoms with Gasteiger partial charge in [-0.3, -0.25) is 0 Å². The number of carbonyl (C=O) groups is 1. The SMILES string of the molecule is CN(C)c1cccc(N(C(=O)O)c2ccc(-c3nc(N4CC5CCC(C4)O5)c4cnn(CC(F)(F)F)c4n3)cc2)c1. The molecule has 0 saturated carbocycles. The smallest absolute Gasteiger partial charge is 0.416 e. The lowest BCUT2D eigenvalue weighted by Gasteiger charge is -2.33. The Morgan fingerprint density at radius 3 is 2.34 bits per heavy atom. The summed E-state index contributed by atoms with van der Waals surface area (Å²) in [6.07, 6.45) is -2.32. The van der Waals surface area contributed by atoms with Gasteiger partial charge in [0.25, 0.3) is 0 Å². The third-order valence-corrected chi connectivity index (χ3v) is 7.33. The molecule has 4 aromatic rings. The summed E-state index contributed by atoms with van der Waals surface area (Å²) in [6.45, 7) is -0.130. The Morgan fingerprint density at radius 2 is 1.71 bits per heavy atom. The lowest BCUT2D eigenvalue weighted by Crippen LogP contribution is -2.43. The molecule has 2 aromatic heterocycles. The standard InChI is InChI=1S/C28H28F3N7O3/c1-35(2)19-4-3-5-20(12-19)38(27(39)40)18-8-6-17(7-9-18)24-33-25(36-14-21-10-11-22(15-36)41-21)23-13-32-37(26(23)34-24)16-28(29,30)31/h3-9,12-13,21-22H,10-11,14-16H2,1-2H3,(H,39,40). The summed E-state index contributed by atoms with van der Waals surface area (Å²) >= 11 is 0. The second-order valence-electron chi connectivity index (χ2n) is 10.5. The molecule has 13 heteroatoms. The molecule has 2 unspecified atom stereocenters. The number of fused-ring (bicyclic) bond motifs is 3. The van der Waals surface area contributed by atoms with E-state index in [0.717, 1.165) is 28.1 Å². The van der Waals surface area contributed by atoms with Gasteiger partial charge in [-0.25, -0.2) is 24.3 Å². The van der Waals surface area contributed by atoms with Crippen LogP contribution in [-0.4, -0.2) is 76.5 Å². The van der Waals surface area contributed by atoms with Crippen molar-refractivity contribution < 1.29 is 27.8 Å². The third-order valence-electron chi connectivity index (χ3n) is 7.33. The molecule has 1 N–H and O–H groups in total. The lowest BCUT2D eigenvalue weighted by molar-refractivity contribution is -0.141. The van der Waals surface area contributed by atoms with E-state index in [4.69, 9.17) is 9.72 Å². The predicted molar refractivity (Wildman–Crippen MR) is 148 cm³/mol. The second kappa shape index (κ2) is 10.2. The molecule has 0 aliphatic carbocycles. The van der Waals surface area contributed by atoms with E-state index in [0.29, 0.717) is 41.2 Å². The van der Waals surface area contributed by atoms with Gasteiger partial charge in [-0.2, -0.15) is 18.3 Å². The largest absolute Gasteiger partial charge is 0.464 e. The van der Waals surface area contributed by atoms with E-state index < -0.39 is 18.8 Å². The Kier molecular flexibility index (Phi) is 6.68. The molecule has 2 fully saturated rings. The Hall–Kier alpha value is -4.39. The number of hydrogen-bond donors (Lipinski definition) is 1. The molecular weight excluding hydrogens is 539 g/mol. The van der Waals surface area contributed by atoms with Crippen molar-refractivity contribution >= 4 is 40.0 Å². The van der Waals surface area contributed by atoms with Gasteiger partial charge in [0, 0.05) is 38.4 Å². The van der Waals surface area contributed by atoms with Crippen molar-refractivity contribution in [3.63, 3.8) is 0 Å². The van der Waals surface area contributed by atoms with Crippen LogP contribution in [0, 0.1) is 0 Å². The number of aromatic nitrogens is 4. The van der Waals surface area contributed by atoms with E-state index in [1.54, 1.807) is 42.5 Å². The van der Waals surface area contributed by atoms with Gasteiger partial charge in [-0.15, -0.1) is 0 Å². The van der Waals surface area contributed by atoms with Crippen LogP contribution < -0.4 is 14.7 Å². The van der Waals surface area contributed by atoms with E-state index >= 15 is 0 Å². The van der Waals surface area contributed by atoms with Crippen molar-refractivity contribution in [2.45, 2.75) is 37.8 Å². The molecule has 0 radical (unpaired) electrons. The number of carboxylic acid groups (broad SMARTS) is 1. The van der Waals surface area contributed by atoms with Crippen LogP contribution in [-0.2, 0) is 11.3 Å². The fourth-order valence-corrected chi connectivity index (χ4v) is 5.42. The first-order chi connectivity index (χ1) is 19.6. The van der Waals surface area contributed by atoms with Crippen molar-refractivity contribution in [3.8, 4) is 11.4 Å². The van der Waals surface area contributed by atoms with E-state index in [2.05, 4.69) is 10.1 Å². The molecule has 0 spiro atoms. The predicted octanol–water partition coefficient (Wildman–Crippen LogP) is 5.31. The summed E-state index contributed by atoms with van der Waals surface area (Å²) in [5, 5.41) is 14.4. The highest BCUT2D eigenvalue weighted by atomic mass is 19.4. The highest BCUT2D eigenvalue weighted by Crippen LogP contribution is 2.35. The molecule has 1 amide bonds. The first kappa shape index (κ1) is 26.8. The quantitative estimate of drug-likeness (QED) is 0.335. The monoisotopic (exact) mass is 567 g/mol. The normalized spacial score (nSPS) is 18.6. The van der Waals surface area contributed by atoms with Crippen molar-refractivity contribution in [3.05, 3.63) is 54.7 Å². The Bertz CT molecular complexity index is 1580. The zero-order chi connectivity index (χ0) is 28.9. The average Bonchev–Trinajstić information content (AvgIpc) is 3.49. The summed E-state index contributed by atoms with van der Waals surface area (Å²) in [7, 11) is 3.74. The molecule has 2 aromatic carbocycles.